The molecule has 2 atom stereocenters. The summed E-state index contributed by atoms with van der Waals surface area (Å²) in [6.07, 6.45) is 6.50. The molecule has 6 heteroatoms. The molecule has 102 valence electrons. The highest BCUT2D eigenvalue weighted by Crippen LogP contribution is 2.28. The molecule has 2 N–H and O–H groups in total. The van der Waals surface area contributed by atoms with Crippen molar-refractivity contribution in [1.29, 1.82) is 0 Å². The van der Waals surface area contributed by atoms with Crippen LogP contribution in [-0.2, 0) is 0 Å². The van der Waals surface area contributed by atoms with Gasteiger partial charge in [0.25, 0.3) is 5.91 Å². The van der Waals surface area contributed by atoms with E-state index in [1.807, 2.05) is 0 Å². The van der Waals surface area contributed by atoms with Crippen LogP contribution in [0.15, 0.2) is 18.3 Å². The van der Waals surface area contributed by atoms with E-state index < -0.39 is 5.97 Å². The molecule has 0 spiro atoms. The Bertz CT molecular complexity index is 475. The molecular formula is C13H16N2O3S. The average molecular weight is 280 g/mol. The summed E-state index contributed by atoms with van der Waals surface area (Å²) >= 11 is 1.77. The summed E-state index contributed by atoms with van der Waals surface area (Å²) in [6.45, 7) is 0. The Morgan fingerprint density at radius 3 is 2.79 bits per heavy atom. The van der Waals surface area contributed by atoms with E-state index in [9.17, 15) is 9.59 Å². The lowest BCUT2D eigenvalue weighted by atomic mass is 10.2. The van der Waals surface area contributed by atoms with Gasteiger partial charge < -0.3 is 10.4 Å². The Balaban J connectivity index is 2.01. The maximum Gasteiger partial charge on any atom is 0.337 e. The van der Waals surface area contributed by atoms with E-state index in [1.165, 1.54) is 18.3 Å². The number of pyridine rings is 1. The summed E-state index contributed by atoms with van der Waals surface area (Å²) in [4.78, 5) is 26.6. The predicted octanol–water partition coefficient (Wildman–Crippen LogP) is 1.79. The van der Waals surface area contributed by atoms with E-state index >= 15 is 0 Å². The number of hydrogen-bond donors (Lipinski definition) is 2. The van der Waals surface area contributed by atoms with Crippen molar-refractivity contribution in [3.63, 3.8) is 0 Å². The lowest BCUT2D eigenvalue weighted by Gasteiger charge is -2.18. The van der Waals surface area contributed by atoms with Gasteiger partial charge in [0.05, 0.1) is 5.56 Å². The van der Waals surface area contributed by atoms with Crippen molar-refractivity contribution in [2.45, 2.75) is 30.6 Å². The van der Waals surface area contributed by atoms with Crippen LogP contribution in [0, 0.1) is 0 Å². The topological polar surface area (TPSA) is 79.3 Å². The monoisotopic (exact) mass is 280 g/mol. The Labute approximate surface area is 115 Å². The number of hydrogen-bond acceptors (Lipinski definition) is 4. The van der Waals surface area contributed by atoms with Crippen molar-refractivity contribution >= 4 is 23.6 Å². The number of carboxylic acids is 1. The van der Waals surface area contributed by atoms with Crippen LogP contribution in [-0.4, -0.2) is 39.5 Å². The third-order valence-electron chi connectivity index (χ3n) is 3.31. The molecule has 0 aromatic carbocycles. The molecule has 2 rings (SSSR count). The van der Waals surface area contributed by atoms with E-state index in [1.54, 1.807) is 11.8 Å². The summed E-state index contributed by atoms with van der Waals surface area (Å²) in [5.74, 6) is -1.28. The van der Waals surface area contributed by atoms with E-state index in [2.05, 4.69) is 16.6 Å². The van der Waals surface area contributed by atoms with Gasteiger partial charge >= 0.3 is 5.97 Å². The zero-order chi connectivity index (χ0) is 13.8. The quantitative estimate of drug-likeness (QED) is 0.879. The molecule has 0 aliphatic heterocycles. The number of aromatic nitrogens is 1. The maximum atomic E-state index is 12.0. The summed E-state index contributed by atoms with van der Waals surface area (Å²) < 4.78 is 0. The second-order valence-electron chi connectivity index (χ2n) is 4.52. The van der Waals surface area contributed by atoms with Gasteiger partial charge in [-0.05, 0) is 31.2 Å². The van der Waals surface area contributed by atoms with Crippen LogP contribution in [0.4, 0.5) is 0 Å². The summed E-state index contributed by atoms with van der Waals surface area (Å²) in [6, 6.07) is 3.02. The Hall–Kier alpha value is -1.56. The SMILES string of the molecule is CSC1CCCC1NC(=O)c1ccc(C(=O)O)cn1. The van der Waals surface area contributed by atoms with Crippen molar-refractivity contribution in [2.75, 3.05) is 6.26 Å². The first-order valence-electron chi connectivity index (χ1n) is 6.15. The second kappa shape index (κ2) is 6.06. The van der Waals surface area contributed by atoms with Gasteiger partial charge in [-0.25, -0.2) is 4.79 Å². The average Bonchev–Trinajstić information content (AvgIpc) is 2.86. The number of aromatic carboxylic acids is 1. The van der Waals surface area contributed by atoms with Gasteiger partial charge in [-0.15, -0.1) is 0 Å². The number of carboxylic acid groups (broad SMARTS) is 1. The van der Waals surface area contributed by atoms with Gasteiger partial charge in [0.15, 0.2) is 0 Å². The zero-order valence-corrected chi connectivity index (χ0v) is 11.4. The van der Waals surface area contributed by atoms with Gasteiger partial charge in [-0.3, -0.25) is 9.78 Å². The fourth-order valence-electron chi connectivity index (χ4n) is 2.27. The smallest absolute Gasteiger partial charge is 0.337 e. The summed E-state index contributed by atoms with van der Waals surface area (Å²) in [5.41, 5.74) is 0.344. The highest BCUT2D eigenvalue weighted by Gasteiger charge is 2.28. The third kappa shape index (κ3) is 3.26. The highest BCUT2D eigenvalue weighted by molar-refractivity contribution is 7.99. The van der Waals surface area contributed by atoms with Crippen molar-refractivity contribution in [2.24, 2.45) is 0 Å². The molecule has 1 aromatic heterocycles. The molecule has 5 nitrogen and oxygen atoms in total. The van der Waals surface area contributed by atoms with Crippen molar-refractivity contribution in [1.82, 2.24) is 10.3 Å². The fourth-order valence-corrected chi connectivity index (χ4v) is 3.21. The Morgan fingerprint density at radius 1 is 1.42 bits per heavy atom. The van der Waals surface area contributed by atoms with Gasteiger partial charge in [0.1, 0.15) is 5.69 Å². The lowest BCUT2D eigenvalue weighted by Crippen LogP contribution is -2.39. The summed E-state index contributed by atoms with van der Waals surface area (Å²) in [5, 5.41) is 12.2. The molecule has 0 radical (unpaired) electrons. The molecule has 19 heavy (non-hydrogen) atoms. The van der Waals surface area contributed by atoms with E-state index in [-0.39, 0.29) is 23.2 Å². The molecule has 1 aliphatic carbocycles. The molecule has 1 heterocycles. The second-order valence-corrected chi connectivity index (χ2v) is 5.60. The van der Waals surface area contributed by atoms with Crippen LogP contribution in [0.2, 0.25) is 0 Å². The molecule has 1 amide bonds. The first kappa shape index (κ1) is 13.9. The van der Waals surface area contributed by atoms with Gasteiger partial charge in [-0.2, -0.15) is 11.8 Å². The number of amides is 1. The van der Waals surface area contributed by atoms with Crippen LogP contribution in [0.3, 0.4) is 0 Å². The molecule has 1 saturated carbocycles. The number of nitrogens with one attached hydrogen (secondary N) is 1. The molecule has 0 bridgehead atoms. The van der Waals surface area contributed by atoms with Crippen LogP contribution < -0.4 is 5.32 Å². The lowest BCUT2D eigenvalue weighted by molar-refractivity contribution is 0.0695. The summed E-state index contributed by atoms with van der Waals surface area (Å²) in [7, 11) is 0. The molecule has 1 aromatic rings. The molecule has 1 fully saturated rings. The van der Waals surface area contributed by atoms with Crippen molar-refractivity contribution in [3.05, 3.63) is 29.6 Å². The largest absolute Gasteiger partial charge is 0.478 e. The van der Waals surface area contributed by atoms with Crippen LogP contribution >= 0.6 is 11.8 Å². The Kier molecular flexibility index (Phi) is 4.42. The number of thioether (sulfide) groups is 1. The molecule has 1 aliphatic rings. The van der Waals surface area contributed by atoms with Crippen molar-refractivity contribution < 1.29 is 14.7 Å². The minimum Gasteiger partial charge on any atom is -0.478 e. The first-order valence-corrected chi connectivity index (χ1v) is 7.43. The van der Waals surface area contributed by atoms with E-state index in [0.717, 1.165) is 19.3 Å². The molecule has 2 unspecified atom stereocenters. The third-order valence-corrected chi connectivity index (χ3v) is 4.48. The van der Waals surface area contributed by atoms with Crippen LogP contribution in [0.5, 0.6) is 0 Å². The van der Waals surface area contributed by atoms with Gasteiger partial charge in [0, 0.05) is 17.5 Å². The maximum absolute atomic E-state index is 12.0. The Morgan fingerprint density at radius 2 is 2.21 bits per heavy atom. The predicted molar refractivity (Wildman–Crippen MR) is 73.6 cm³/mol. The van der Waals surface area contributed by atoms with E-state index in [0.29, 0.717) is 5.25 Å². The minimum atomic E-state index is -1.04. The van der Waals surface area contributed by atoms with Gasteiger partial charge in [0.2, 0.25) is 0 Å². The number of carbonyl (C=O) groups excluding carboxylic acids is 1. The minimum absolute atomic E-state index is 0.0828. The number of nitrogens with zero attached hydrogens (tertiary/aromatic N) is 1. The van der Waals surface area contributed by atoms with Crippen LogP contribution in [0.25, 0.3) is 0 Å². The van der Waals surface area contributed by atoms with Crippen LogP contribution in [0.1, 0.15) is 40.1 Å². The molecule has 0 saturated heterocycles. The number of rotatable bonds is 4. The van der Waals surface area contributed by atoms with Crippen molar-refractivity contribution in [3.8, 4) is 0 Å². The fraction of sp³-hybridized carbons (Fsp3) is 0.462. The normalized spacial score (nSPS) is 22.2. The zero-order valence-electron chi connectivity index (χ0n) is 10.6. The highest BCUT2D eigenvalue weighted by atomic mass is 32.2. The molecular weight excluding hydrogens is 264 g/mol. The standard InChI is InChI=1S/C13H16N2O3S/c1-19-11-4-2-3-9(11)15-12(16)10-6-5-8(7-14-10)13(17)18/h5-7,9,11H,2-4H2,1H3,(H,15,16)(H,17,18). The first-order chi connectivity index (χ1) is 9.11. The number of carbonyl (C=O) groups is 2. The van der Waals surface area contributed by atoms with E-state index in [4.69, 9.17) is 5.11 Å². The van der Waals surface area contributed by atoms with Gasteiger partial charge in [-0.1, -0.05) is 6.42 Å².